The summed E-state index contributed by atoms with van der Waals surface area (Å²) in [5.74, 6) is 0.325. The summed E-state index contributed by atoms with van der Waals surface area (Å²) < 4.78 is 0. The molecule has 1 aromatic rings. The van der Waals surface area contributed by atoms with Gasteiger partial charge in [-0.15, -0.1) is 5.10 Å². The number of rotatable bonds is 2. The molecule has 0 bridgehead atoms. The Balaban J connectivity index is 2.89. The molecule has 0 aliphatic heterocycles. The highest BCUT2D eigenvalue weighted by Crippen LogP contribution is 2.04. The third kappa shape index (κ3) is 2.55. The molecule has 0 saturated heterocycles. The number of nitrogen functional groups attached to an aromatic ring is 1. The Bertz CT molecular complexity index is 325. The third-order valence-electron chi connectivity index (χ3n) is 1.45. The topological polar surface area (TPSA) is 89.1 Å². The number of anilines is 1. The van der Waals surface area contributed by atoms with Gasteiger partial charge >= 0.3 is 0 Å². The average molecular weight is 177 g/mol. The van der Waals surface area contributed by atoms with Crippen LogP contribution in [0.15, 0.2) is 39.7 Å². The van der Waals surface area contributed by atoms with Crippen molar-refractivity contribution in [3.8, 4) is 0 Å². The second-order valence-electron chi connectivity index (χ2n) is 2.40. The highest BCUT2D eigenvalue weighted by Gasteiger charge is 1.96. The van der Waals surface area contributed by atoms with Crippen LogP contribution in [0.3, 0.4) is 0 Å². The first-order valence-electron chi connectivity index (χ1n) is 3.72. The molecule has 1 rings (SSSR count). The van der Waals surface area contributed by atoms with Crippen LogP contribution in [-0.4, -0.2) is 12.9 Å². The zero-order valence-electron chi connectivity index (χ0n) is 7.31. The minimum absolute atomic E-state index is 0.325. The molecule has 0 radical (unpaired) electrons. The van der Waals surface area contributed by atoms with Crippen LogP contribution in [0.2, 0.25) is 0 Å². The van der Waals surface area contributed by atoms with Gasteiger partial charge in [-0.05, 0) is 29.5 Å². The summed E-state index contributed by atoms with van der Waals surface area (Å²) in [7, 11) is 1.53. The van der Waals surface area contributed by atoms with Crippen LogP contribution in [0.5, 0.6) is 0 Å². The van der Waals surface area contributed by atoms with E-state index in [9.17, 15) is 0 Å². The Kier molecular flexibility index (Phi) is 2.97. The van der Waals surface area contributed by atoms with Crippen molar-refractivity contribution in [2.75, 3.05) is 12.8 Å². The van der Waals surface area contributed by atoms with Crippen molar-refractivity contribution in [2.24, 2.45) is 21.2 Å². The van der Waals surface area contributed by atoms with E-state index in [0.717, 1.165) is 5.56 Å². The molecule has 0 unspecified atom stereocenters. The van der Waals surface area contributed by atoms with Gasteiger partial charge in [0.05, 0.1) is 7.05 Å². The van der Waals surface area contributed by atoms with Crippen LogP contribution in [0, 0.1) is 0 Å². The predicted molar refractivity (Wildman–Crippen MR) is 52.4 cm³/mol. The van der Waals surface area contributed by atoms with Crippen molar-refractivity contribution in [2.45, 2.75) is 0 Å². The zero-order chi connectivity index (χ0) is 9.68. The minimum Gasteiger partial charge on any atom is -0.399 e. The smallest absolute Gasteiger partial charge is 0.155 e. The van der Waals surface area contributed by atoms with E-state index in [1.54, 1.807) is 24.3 Å². The molecule has 0 fully saturated rings. The van der Waals surface area contributed by atoms with Crippen LogP contribution in [0.25, 0.3) is 0 Å². The molecule has 4 N–H and O–H groups in total. The average Bonchev–Trinajstić information content (AvgIpc) is 2.15. The van der Waals surface area contributed by atoms with Crippen LogP contribution in [0.1, 0.15) is 5.56 Å². The van der Waals surface area contributed by atoms with Gasteiger partial charge in [0.15, 0.2) is 5.84 Å². The zero-order valence-corrected chi connectivity index (χ0v) is 7.31. The van der Waals surface area contributed by atoms with E-state index in [-0.39, 0.29) is 0 Å². The molecule has 0 aliphatic carbocycles. The Morgan fingerprint density at radius 1 is 1.23 bits per heavy atom. The summed E-state index contributed by atoms with van der Waals surface area (Å²) in [5.41, 5.74) is 12.6. The molecule has 1 aromatic carbocycles. The fourth-order valence-corrected chi connectivity index (χ4v) is 0.805. The lowest BCUT2D eigenvalue weighted by Gasteiger charge is -1.97. The number of hydrogen-bond donors (Lipinski definition) is 2. The van der Waals surface area contributed by atoms with E-state index in [0.29, 0.717) is 11.5 Å². The van der Waals surface area contributed by atoms with Crippen LogP contribution >= 0.6 is 0 Å². The first-order valence-corrected chi connectivity index (χ1v) is 3.72. The lowest BCUT2D eigenvalue weighted by molar-refractivity contribution is 1.02. The molecule has 13 heavy (non-hydrogen) atoms. The highest BCUT2D eigenvalue weighted by molar-refractivity contribution is 5.97. The Hall–Kier alpha value is -1.91. The number of nitrogens with two attached hydrogens (primary N) is 2. The summed E-state index contributed by atoms with van der Waals surface area (Å²) in [6.45, 7) is 0. The van der Waals surface area contributed by atoms with Crippen molar-refractivity contribution in [3.05, 3.63) is 29.8 Å². The standard InChI is InChI=1S/C8H11N5/c1-11-13-12-8(10)6-2-4-7(9)5-3-6/h2-5H,9H2,1H3,(H2,10,11,12). The number of benzene rings is 1. The quantitative estimate of drug-likeness (QED) is 0.232. The Morgan fingerprint density at radius 2 is 1.85 bits per heavy atom. The second-order valence-corrected chi connectivity index (χ2v) is 2.40. The maximum atomic E-state index is 5.59. The summed E-state index contributed by atoms with van der Waals surface area (Å²) in [6, 6.07) is 7.06. The molecular weight excluding hydrogens is 166 g/mol. The maximum absolute atomic E-state index is 5.59. The van der Waals surface area contributed by atoms with Gasteiger partial charge in [0, 0.05) is 11.3 Å². The van der Waals surface area contributed by atoms with Crippen molar-refractivity contribution in [1.29, 1.82) is 0 Å². The lowest BCUT2D eigenvalue weighted by atomic mass is 10.2. The van der Waals surface area contributed by atoms with Crippen LogP contribution in [0.4, 0.5) is 5.69 Å². The third-order valence-corrected chi connectivity index (χ3v) is 1.45. The van der Waals surface area contributed by atoms with E-state index >= 15 is 0 Å². The molecule has 0 atom stereocenters. The second kappa shape index (κ2) is 4.20. The molecule has 0 amide bonds. The summed E-state index contributed by atoms with van der Waals surface area (Å²) in [5, 5.41) is 10.5. The van der Waals surface area contributed by atoms with E-state index in [1.165, 1.54) is 7.05 Å². The number of hydrogen-bond acceptors (Lipinski definition) is 3. The molecule has 68 valence electrons. The van der Waals surface area contributed by atoms with Crippen molar-refractivity contribution in [1.82, 2.24) is 0 Å². The summed E-state index contributed by atoms with van der Waals surface area (Å²) in [6.07, 6.45) is 0. The molecular formula is C8H11N5. The van der Waals surface area contributed by atoms with Gasteiger partial charge in [-0.3, -0.25) is 0 Å². The van der Waals surface area contributed by atoms with Gasteiger partial charge in [0.25, 0.3) is 0 Å². The Morgan fingerprint density at radius 3 is 2.38 bits per heavy atom. The van der Waals surface area contributed by atoms with E-state index in [4.69, 9.17) is 11.5 Å². The van der Waals surface area contributed by atoms with Crippen LogP contribution < -0.4 is 11.5 Å². The van der Waals surface area contributed by atoms with E-state index < -0.39 is 0 Å². The molecule has 5 heteroatoms. The first-order chi connectivity index (χ1) is 6.24. The van der Waals surface area contributed by atoms with E-state index in [1.807, 2.05) is 0 Å². The fourth-order valence-electron chi connectivity index (χ4n) is 0.805. The van der Waals surface area contributed by atoms with Gasteiger partial charge in [0.2, 0.25) is 0 Å². The normalized spacial score (nSPS) is 12.2. The highest BCUT2D eigenvalue weighted by atomic mass is 15.4. The van der Waals surface area contributed by atoms with Gasteiger partial charge in [-0.1, -0.05) is 0 Å². The predicted octanol–water partition coefficient (Wildman–Crippen LogP) is 0.971. The lowest BCUT2D eigenvalue weighted by Crippen LogP contribution is -2.12. The number of nitrogens with zero attached hydrogens (tertiary/aromatic N) is 3. The Labute approximate surface area is 76.2 Å². The number of amidine groups is 1. The summed E-state index contributed by atoms with van der Waals surface area (Å²) in [4.78, 5) is 0. The molecule has 0 heterocycles. The molecule has 0 aromatic heterocycles. The molecule has 0 aliphatic rings. The van der Waals surface area contributed by atoms with Crippen molar-refractivity contribution < 1.29 is 0 Å². The minimum atomic E-state index is 0.325. The SMILES string of the molecule is CN=N/N=C(\N)c1ccc(N)cc1. The largest absolute Gasteiger partial charge is 0.399 e. The molecule has 5 nitrogen and oxygen atoms in total. The summed E-state index contributed by atoms with van der Waals surface area (Å²) >= 11 is 0. The van der Waals surface area contributed by atoms with Crippen molar-refractivity contribution in [3.63, 3.8) is 0 Å². The molecule has 0 saturated carbocycles. The fraction of sp³-hybridized carbons (Fsp3) is 0.125. The maximum Gasteiger partial charge on any atom is 0.155 e. The van der Waals surface area contributed by atoms with Gasteiger partial charge < -0.3 is 11.5 Å². The monoisotopic (exact) mass is 177 g/mol. The van der Waals surface area contributed by atoms with E-state index in [2.05, 4.69) is 15.4 Å². The molecule has 0 spiro atoms. The van der Waals surface area contributed by atoms with Gasteiger partial charge in [-0.2, -0.15) is 5.11 Å². The van der Waals surface area contributed by atoms with Gasteiger partial charge in [0.1, 0.15) is 0 Å². The van der Waals surface area contributed by atoms with Crippen LogP contribution in [-0.2, 0) is 0 Å². The van der Waals surface area contributed by atoms with Crippen molar-refractivity contribution >= 4 is 11.5 Å². The van der Waals surface area contributed by atoms with Gasteiger partial charge in [-0.25, -0.2) is 0 Å². The first kappa shape index (κ1) is 9.18.